The van der Waals surface area contributed by atoms with Crippen molar-refractivity contribution in [2.45, 2.75) is 39.7 Å². The maximum absolute atomic E-state index is 13.0. The fourth-order valence-corrected chi connectivity index (χ4v) is 3.82. The lowest BCUT2D eigenvalue weighted by atomic mass is 10.2. The van der Waals surface area contributed by atoms with Crippen molar-refractivity contribution in [1.29, 1.82) is 0 Å². The van der Waals surface area contributed by atoms with Crippen LogP contribution >= 0.6 is 11.6 Å². The standard InChI is InChI=1S/C23H22ClN3O3.C2H6/c1-29-22-12-18(8-9-21(22)30-11-10-15-2-3-15)26-14-20-19(23(26)28)13-27(25-20)17-6-4-16(24)5-7-17;1-2/h4-9,12-13,15H,2-3,10-11,14H2,1H3;1-2H3. The average molecular weight is 454 g/mol. The van der Waals surface area contributed by atoms with Gasteiger partial charge in [-0.25, -0.2) is 4.68 Å². The molecule has 0 radical (unpaired) electrons. The first-order valence-corrected chi connectivity index (χ1v) is 11.5. The number of nitrogens with zero attached hydrogens (tertiary/aromatic N) is 3. The van der Waals surface area contributed by atoms with E-state index in [9.17, 15) is 4.79 Å². The Labute approximate surface area is 193 Å². The molecule has 2 aromatic carbocycles. The predicted molar refractivity (Wildman–Crippen MR) is 126 cm³/mol. The number of hydrogen-bond acceptors (Lipinski definition) is 4. The molecule has 0 atom stereocenters. The molecule has 0 bridgehead atoms. The van der Waals surface area contributed by atoms with E-state index in [1.807, 2.05) is 44.2 Å². The smallest absolute Gasteiger partial charge is 0.262 e. The molecule has 1 amide bonds. The normalized spacial score (nSPS) is 14.6. The first-order valence-electron chi connectivity index (χ1n) is 11.1. The molecule has 6 nitrogen and oxygen atoms in total. The van der Waals surface area contributed by atoms with E-state index in [1.54, 1.807) is 35.0 Å². The number of ether oxygens (including phenoxy) is 2. The highest BCUT2D eigenvalue weighted by atomic mass is 35.5. The molecule has 0 unspecified atom stereocenters. The molecule has 0 spiro atoms. The zero-order valence-electron chi connectivity index (χ0n) is 18.7. The van der Waals surface area contributed by atoms with Crippen molar-refractivity contribution in [3.8, 4) is 17.2 Å². The number of carbonyl (C=O) groups excluding carboxylic acids is 1. The van der Waals surface area contributed by atoms with E-state index < -0.39 is 0 Å². The van der Waals surface area contributed by atoms with Crippen molar-refractivity contribution >= 4 is 23.2 Å². The van der Waals surface area contributed by atoms with Gasteiger partial charge in [0.15, 0.2) is 11.5 Å². The van der Waals surface area contributed by atoms with E-state index in [1.165, 1.54) is 12.8 Å². The molecular formula is C25H28ClN3O3. The summed E-state index contributed by atoms with van der Waals surface area (Å²) in [5.41, 5.74) is 2.98. The second-order valence-electron chi connectivity index (χ2n) is 7.72. The molecule has 1 saturated carbocycles. The molecule has 1 aliphatic heterocycles. The molecule has 32 heavy (non-hydrogen) atoms. The van der Waals surface area contributed by atoms with Crippen LogP contribution in [0.25, 0.3) is 5.69 Å². The van der Waals surface area contributed by atoms with E-state index in [2.05, 4.69) is 5.10 Å². The molecule has 1 fully saturated rings. The Morgan fingerprint density at radius 1 is 1.06 bits per heavy atom. The summed E-state index contributed by atoms with van der Waals surface area (Å²) < 4.78 is 13.1. The van der Waals surface area contributed by atoms with Gasteiger partial charge in [-0.05, 0) is 48.7 Å². The summed E-state index contributed by atoms with van der Waals surface area (Å²) in [7, 11) is 1.62. The van der Waals surface area contributed by atoms with Gasteiger partial charge < -0.3 is 14.4 Å². The summed E-state index contributed by atoms with van der Waals surface area (Å²) in [5.74, 6) is 2.08. The van der Waals surface area contributed by atoms with E-state index in [-0.39, 0.29) is 5.91 Å². The van der Waals surface area contributed by atoms with E-state index >= 15 is 0 Å². The van der Waals surface area contributed by atoms with Crippen LogP contribution in [0.5, 0.6) is 11.5 Å². The van der Waals surface area contributed by atoms with Crippen molar-refractivity contribution in [3.63, 3.8) is 0 Å². The fraction of sp³-hybridized carbons (Fsp3) is 0.360. The predicted octanol–water partition coefficient (Wildman–Crippen LogP) is 5.90. The summed E-state index contributed by atoms with van der Waals surface area (Å²) in [4.78, 5) is 14.7. The molecule has 3 aromatic rings. The summed E-state index contributed by atoms with van der Waals surface area (Å²) in [5, 5.41) is 5.26. The van der Waals surface area contributed by atoms with Crippen molar-refractivity contribution in [2.24, 2.45) is 5.92 Å². The second kappa shape index (κ2) is 9.65. The lowest BCUT2D eigenvalue weighted by molar-refractivity contribution is 0.0996. The lowest BCUT2D eigenvalue weighted by Gasteiger charge is -2.18. The third-order valence-electron chi connectivity index (χ3n) is 5.60. The number of aromatic nitrogens is 2. The van der Waals surface area contributed by atoms with Crippen LogP contribution in [0.15, 0.2) is 48.7 Å². The topological polar surface area (TPSA) is 56.6 Å². The molecule has 1 aromatic heterocycles. The molecule has 7 heteroatoms. The average Bonchev–Trinajstić information content (AvgIpc) is 3.47. The van der Waals surface area contributed by atoms with E-state index in [0.717, 1.165) is 29.4 Å². The number of anilines is 1. The number of benzene rings is 2. The van der Waals surface area contributed by atoms with Gasteiger partial charge in [0.05, 0.1) is 37.2 Å². The van der Waals surface area contributed by atoms with Crippen molar-refractivity contribution < 1.29 is 14.3 Å². The molecule has 168 valence electrons. The molecule has 1 aliphatic carbocycles. The minimum absolute atomic E-state index is 0.0744. The van der Waals surface area contributed by atoms with Gasteiger partial charge in [0, 0.05) is 23.0 Å². The quantitative estimate of drug-likeness (QED) is 0.447. The van der Waals surface area contributed by atoms with E-state index in [0.29, 0.717) is 35.2 Å². The highest BCUT2D eigenvalue weighted by Gasteiger charge is 2.32. The monoisotopic (exact) mass is 453 g/mol. The van der Waals surface area contributed by atoms with Crippen LogP contribution in [0.4, 0.5) is 5.69 Å². The molecule has 5 rings (SSSR count). The van der Waals surface area contributed by atoms with Crippen LogP contribution in [0.3, 0.4) is 0 Å². The van der Waals surface area contributed by atoms with Crippen LogP contribution < -0.4 is 14.4 Å². The molecule has 2 aliphatic rings. The van der Waals surface area contributed by atoms with Gasteiger partial charge in [-0.2, -0.15) is 5.10 Å². The van der Waals surface area contributed by atoms with Gasteiger partial charge in [-0.1, -0.05) is 38.3 Å². The summed E-state index contributed by atoms with van der Waals surface area (Å²) in [6.45, 7) is 5.10. The van der Waals surface area contributed by atoms with Gasteiger partial charge >= 0.3 is 0 Å². The molecule has 2 heterocycles. The Morgan fingerprint density at radius 2 is 1.78 bits per heavy atom. The molecular weight excluding hydrogens is 426 g/mol. The van der Waals surface area contributed by atoms with Crippen LogP contribution in [0.1, 0.15) is 49.2 Å². The maximum Gasteiger partial charge on any atom is 0.262 e. The largest absolute Gasteiger partial charge is 0.493 e. The van der Waals surface area contributed by atoms with Crippen molar-refractivity contribution in [2.75, 3.05) is 18.6 Å². The van der Waals surface area contributed by atoms with Crippen LogP contribution in [-0.4, -0.2) is 29.4 Å². The van der Waals surface area contributed by atoms with Gasteiger partial charge in [0.1, 0.15) is 0 Å². The van der Waals surface area contributed by atoms with Crippen LogP contribution in [-0.2, 0) is 6.54 Å². The number of amides is 1. The molecule has 0 saturated heterocycles. The van der Waals surface area contributed by atoms with Gasteiger partial charge in [-0.15, -0.1) is 0 Å². The Morgan fingerprint density at radius 3 is 2.44 bits per heavy atom. The third-order valence-corrected chi connectivity index (χ3v) is 5.86. The lowest BCUT2D eigenvalue weighted by Crippen LogP contribution is -2.23. The minimum atomic E-state index is -0.0744. The van der Waals surface area contributed by atoms with Crippen LogP contribution in [0.2, 0.25) is 5.02 Å². The fourth-order valence-electron chi connectivity index (χ4n) is 3.69. The Balaban J connectivity index is 0.00000119. The number of halogens is 1. The van der Waals surface area contributed by atoms with Gasteiger partial charge in [0.2, 0.25) is 0 Å². The SMILES string of the molecule is CC.COc1cc(N2Cc3nn(-c4ccc(Cl)cc4)cc3C2=O)ccc1OCCC1CC1. The number of carbonyl (C=O) groups is 1. The molecule has 0 N–H and O–H groups in total. The van der Waals surface area contributed by atoms with E-state index in [4.69, 9.17) is 21.1 Å². The van der Waals surface area contributed by atoms with Crippen molar-refractivity contribution in [1.82, 2.24) is 9.78 Å². The first-order chi connectivity index (χ1) is 15.6. The third kappa shape index (κ3) is 4.60. The Hall–Kier alpha value is -2.99. The second-order valence-corrected chi connectivity index (χ2v) is 8.15. The van der Waals surface area contributed by atoms with Crippen molar-refractivity contribution in [3.05, 3.63) is 64.9 Å². The number of hydrogen-bond donors (Lipinski definition) is 0. The minimum Gasteiger partial charge on any atom is -0.493 e. The number of rotatable bonds is 7. The Kier molecular flexibility index (Phi) is 6.70. The Bertz CT molecular complexity index is 1090. The highest BCUT2D eigenvalue weighted by Crippen LogP contribution is 2.37. The number of fused-ring (bicyclic) bond motifs is 1. The van der Waals surface area contributed by atoms with Gasteiger partial charge in [0.25, 0.3) is 5.91 Å². The summed E-state index contributed by atoms with van der Waals surface area (Å²) in [6.07, 6.45) is 5.47. The summed E-state index contributed by atoms with van der Waals surface area (Å²) >= 11 is 5.95. The highest BCUT2D eigenvalue weighted by molar-refractivity contribution is 6.30. The zero-order chi connectivity index (χ0) is 22.7. The first kappa shape index (κ1) is 22.2. The maximum atomic E-state index is 13.0. The summed E-state index contributed by atoms with van der Waals surface area (Å²) in [6, 6.07) is 13.0. The number of methoxy groups -OCH3 is 1. The zero-order valence-corrected chi connectivity index (χ0v) is 19.4. The van der Waals surface area contributed by atoms with Gasteiger partial charge in [-0.3, -0.25) is 4.79 Å². The van der Waals surface area contributed by atoms with Crippen LogP contribution in [0, 0.1) is 5.92 Å².